The van der Waals surface area contributed by atoms with Gasteiger partial charge in [0.2, 0.25) is 10.0 Å². The molecule has 1 aromatic carbocycles. The average Bonchev–Trinajstić information content (AvgIpc) is 3.14. The van der Waals surface area contributed by atoms with Crippen LogP contribution in [0.5, 0.6) is 0 Å². The Bertz CT molecular complexity index is 838. The standard InChI is InChI=1S/C15H19N3O2S2/c1-10(2)22(19,20)18(3)13-6-4-5-11-9-12(17-14(11)13)15-16-7-8-21-15/h4-6,9-10,17H,7-8H2,1-3H3. The molecule has 0 atom stereocenters. The van der Waals surface area contributed by atoms with Crippen LogP contribution in [0.2, 0.25) is 0 Å². The minimum Gasteiger partial charge on any atom is -0.351 e. The molecule has 0 saturated heterocycles. The van der Waals surface area contributed by atoms with E-state index in [-0.39, 0.29) is 0 Å². The first kappa shape index (κ1) is 15.4. The number of anilines is 1. The van der Waals surface area contributed by atoms with Gasteiger partial charge in [0.05, 0.1) is 22.1 Å². The highest BCUT2D eigenvalue weighted by molar-refractivity contribution is 8.14. The molecule has 0 spiro atoms. The summed E-state index contributed by atoms with van der Waals surface area (Å²) < 4.78 is 26.2. The van der Waals surface area contributed by atoms with Gasteiger partial charge < -0.3 is 4.98 Å². The summed E-state index contributed by atoms with van der Waals surface area (Å²) in [5.41, 5.74) is 2.46. The molecule has 1 N–H and O–H groups in total. The van der Waals surface area contributed by atoms with Crippen molar-refractivity contribution in [1.82, 2.24) is 4.98 Å². The zero-order chi connectivity index (χ0) is 15.9. The van der Waals surface area contributed by atoms with E-state index in [1.165, 1.54) is 4.31 Å². The largest absolute Gasteiger partial charge is 0.351 e. The zero-order valence-corrected chi connectivity index (χ0v) is 14.5. The number of rotatable bonds is 4. The van der Waals surface area contributed by atoms with E-state index in [1.807, 2.05) is 24.3 Å². The average molecular weight is 337 g/mol. The maximum Gasteiger partial charge on any atom is 0.237 e. The molecule has 0 bridgehead atoms. The minimum atomic E-state index is -3.35. The van der Waals surface area contributed by atoms with Gasteiger partial charge in [0.15, 0.2) is 0 Å². The Kier molecular flexibility index (Phi) is 3.94. The molecule has 1 aliphatic rings. The normalized spacial score (nSPS) is 15.5. The highest BCUT2D eigenvalue weighted by atomic mass is 32.2. The second-order valence-corrected chi connectivity index (χ2v) is 9.13. The lowest BCUT2D eigenvalue weighted by Gasteiger charge is -2.22. The predicted molar refractivity (Wildman–Crippen MR) is 94.6 cm³/mol. The summed E-state index contributed by atoms with van der Waals surface area (Å²) >= 11 is 1.72. The van der Waals surface area contributed by atoms with Crippen molar-refractivity contribution in [2.75, 3.05) is 23.7 Å². The molecular formula is C15H19N3O2S2. The minimum absolute atomic E-state index is 0.461. The molecule has 0 aliphatic carbocycles. The lowest BCUT2D eigenvalue weighted by atomic mass is 10.2. The van der Waals surface area contributed by atoms with Crippen LogP contribution in [0.4, 0.5) is 5.69 Å². The van der Waals surface area contributed by atoms with Crippen LogP contribution in [0.1, 0.15) is 19.5 Å². The molecule has 7 heteroatoms. The van der Waals surface area contributed by atoms with Gasteiger partial charge in [0.25, 0.3) is 0 Å². The Morgan fingerprint density at radius 3 is 2.77 bits per heavy atom. The van der Waals surface area contributed by atoms with Gasteiger partial charge in [-0.05, 0) is 26.0 Å². The van der Waals surface area contributed by atoms with Crippen LogP contribution >= 0.6 is 11.8 Å². The topological polar surface area (TPSA) is 65.5 Å². The number of fused-ring (bicyclic) bond motifs is 1. The van der Waals surface area contributed by atoms with Gasteiger partial charge >= 0.3 is 0 Å². The first-order valence-electron chi connectivity index (χ1n) is 7.18. The number of hydrogen-bond acceptors (Lipinski definition) is 4. The molecule has 0 unspecified atom stereocenters. The van der Waals surface area contributed by atoms with Gasteiger partial charge in [0, 0.05) is 24.7 Å². The second-order valence-electron chi connectivity index (χ2n) is 5.52. The maximum atomic E-state index is 12.4. The SMILES string of the molecule is CC(C)S(=O)(=O)N(C)c1cccc2cc(C3=NCCS3)[nH]c12. The fourth-order valence-corrected chi connectivity index (χ4v) is 4.35. The number of aromatic nitrogens is 1. The molecule has 0 amide bonds. The van der Waals surface area contributed by atoms with Crippen LogP contribution < -0.4 is 4.31 Å². The summed E-state index contributed by atoms with van der Waals surface area (Å²) in [5, 5.41) is 1.53. The first-order valence-corrected chi connectivity index (χ1v) is 9.67. The zero-order valence-electron chi connectivity index (χ0n) is 12.8. The number of thioether (sulfide) groups is 1. The van der Waals surface area contributed by atoms with Crippen molar-refractivity contribution in [2.45, 2.75) is 19.1 Å². The van der Waals surface area contributed by atoms with Gasteiger partial charge in [-0.15, -0.1) is 11.8 Å². The molecule has 1 aromatic heterocycles. The van der Waals surface area contributed by atoms with E-state index in [2.05, 4.69) is 9.98 Å². The van der Waals surface area contributed by atoms with E-state index in [9.17, 15) is 8.42 Å². The van der Waals surface area contributed by atoms with Crippen LogP contribution in [0.25, 0.3) is 10.9 Å². The number of nitrogens with one attached hydrogen (secondary N) is 1. The molecule has 0 saturated carbocycles. The smallest absolute Gasteiger partial charge is 0.237 e. The van der Waals surface area contributed by atoms with Crippen molar-refractivity contribution in [1.29, 1.82) is 0 Å². The van der Waals surface area contributed by atoms with Crippen molar-refractivity contribution in [3.63, 3.8) is 0 Å². The number of aliphatic imine (C=N–C) groups is 1. The summed E-state index contributed by atoms with van der Waals surface area (Å²) in [4.78, 5) is 7.81. The molecule has 3 rings (SSSR count). The van der Waals surface area contributed by atoms with Gasteiger partial charge in [0.1, 0.15) is 5.04 Å². The summed E-state index contributed by atoms with van der Waals surface area (Å²) in [6, 6.07) is 7.72. The van der Waals surface area contributed by atoms with Gasteiger partial charge in [-0.2, -0.15) is 0 Å². The van der Waals surface area contributed by atoms with E-state index >= 15 is 0 Å². The van der Waals surface area contributed by atoms with Crippen LogP contribution in [0.3, 0.4) is 0 Å². The number of H-pyrrole nitrogens is 1. The number of hydrogen-bond donors (Lipinski definition) is 1. The van der Waals surface area contributed by atoms with E-state index in [1.54, 1.807) is 32.7 Å². The molecule has 1 aliphatic heterocycles. The highest BCUT2D eigenvalue weighted by Gasteiger charge is 2.24. The molecular weight excluding hydrogens is 318 g/mol. The monoisotopic (exact) mass is 337 g/mol. The van der Waals surface area contributed by atoms with Gasteiger partial charge in [-0.3, -0.25) is 9.30 Å². The van der Waals surface area contributed by atoms with Gasteiger partial charge in [-0.1, -0.05) is 12.1 Å². The maximum absolute atomic E-state index is 12.4. The van der Waals surface area contributed by atoms with E-state index < -0.39 is 15.3 Å². The Balaban J connectivity index is 2.11. The molecule has 22 heavy (non-hydrogen) atoms. The van der Waals surface area contributed by atoms with Crippen LogP contribution in [-0.4, -0.2) is 43.0 Å². The Morgan fingerprint density at radius 2 is 2.14 bits per heavy atom. The van der Waals surface area contributed by atoms with E-state index in [4.69, 9.17) is 0 Å². The molecule has 118 valence electrons. The van der Waals surface area contributed by atoms with E-state index in [0.717, 1.165) is 33.9 Å². The van der Waals surface area contributed by atoms with Crippen LogP contribution in [0, 0.1) is 0 Å². The van der Waals surface area contributed by atoms with Crippen LogP contribution in [0.15, 0.2) is 29.3 Å². The third kappa shape index (κ3) is 2.52. The molecule has 0 fully saturated rings. The van der Waals surface area contributed by atoms with E-state index in [0.29, 0.717) is 5.69 Å². The number of nitrogens with zero attached hydrogens (tertiary/aromatic N) is 2. The lowest BCUT2D eigenvalue weighted by molar-refractivity contribution is 0.585. The van der Waals surface area contributed by atoms with Crippen molar-refractivity contribution in [3.05, 3.63) is 30.0 Å². The van der Waals surface area contributed by atoms with Crippen LogP contribution in [-0.2, 0) is 10.0 Å². The lowest BCUT2D eigenvalue weighted by Crippen LogP contribution is -2.33. The summed E-state index contributed by atoms with van der Waals surface area (Å²) in [6.07, 6.45) is 0. The number of benzene rings is 1. The number of para-hydroxylation sites is 1. The Morgan fingerprint density at radius 1 is 1.36 bits per heavy atom. The van der Waals surface area contributed by atoms with Crippen molar-refractivity contribution >= 4 is 43.4 Å². The summed E-state index contributed by atoms with van der Waals surface area (Å²) in [7, 11) is -1.75. The third-order valence-electron chi connectivity index (χ3n) is 3.77. The predicted octanol–water partition coefficient (Wildman–Crippen LogP) is 2.84. The van der Waals surface area contributed by atoms with Crippen molar-refractivity contribution < 1.29 is 8.42 Å². The summed E-state index contributed by atoms with van der Waals surface area (Å²) in [6.45, 7) is 4.22. The van der Waals surface area contributed by atoms with Crippen molar-refractivity contribution in [3.8, 4) is 0 Å². The molecule has 2 aromatic rings. The third-order valence-corrected chi connectivity index (χ3v) is 6.93. The number of sulfonamides is 1. The highest BCUT2D eigenvalue weighted by Crippen LogP contribution is 2.30. The summed E-state index contributed by atoms with van der Waals surface area (Å²) in [5.74, 6) is 0.999. The Hall–Kier alpha value is -1.47. The van der Waals surface area contributed by atoms with Gasteiger partial charge in [-0.25, -0.2) is 8.42 Å². The molecule has 0 radical (unpaired) electrons. The molecule has 2 heterocycles. The second kappa shape index (κ2) is 5.62. The fourth-order valence-electron chi connectivity index (χ4n) is 2.47. The Labute approximate surface area is 134 Å². The van der Waals surface area contributed by atoms with Crippen molar-refractivity contribution in [2.24, 2.45) is 4.99 Å². The first-order chi connectivity index (χ1) is 10.4. The quantitative estimate of drug-likeness (QED) is 0.933. The molecule has 5 nitrogen and oxygen atoms in total. The number of aromatic amines is 1. The fraction of sp³-hybridized carbons (Fsp3) is 0.400.